The lowest BCUT2D eigenvalue weighted by atomic mass is 10.3. The molecule has 0 aliphatic rings. The molecule has 1 aromatic heterocycles. The van der Waals surface area contributed by atoms with Gasteiger partial charge in [0.1, 0.15) is 11.4 Å². The first-order valence-corrected chi connectivity index (χ1v) is 4.62. The zero-order chi connectivity index (χ0) is 11.8. The monoisotopic (exact) mass is 309 g/mol. The van der Waals surface area contributed by atoms with Gasteiger partial charge in [-0.25, -0.2) is 13.8 Å². The maximum absolute atomic E-state index is 12.2. The number of hydrogen-bond donors (Lipinski definition) is 0. The van der Waals surface area contributed by atoms with Crippen LogP contribution in [0.5, 0.6) is 0 Å². The molecular formula is C7H2BrClF5N. The Labute approximate surface area is 94.4 Å². The van der Waals surface area contributed by atoms with Crippen LogP contribution in [0.15, 0.2) is 10.5 Å². The second kappa shape index (κ2) is 4.21. The molecule has 0 unspecified atom stereocenters. The summed E-state index contributed by atoms with van der Waals surface area (Å²) in [5, 5.41) is -0.516. The van der Waals surface area contributed by atoms with E-state index in [1.807, 2.05) is 0 Å². The van der Waals surface area contributed by atoms with E-state index in [0.717, 1.165) is 0 Å². The Morgan fingerprint density at radius 3 is 2.27 bits per heavy atom. The van der Waals surface area contributed by atoms with Gasteiger partial charge in [0.2, 0.25) is 0 Å². The fourth-order valence-electron chi connectivity index (χ4n) is 0.807. The van der Waals surface area contributed by atoms with Gasteiger partial charge in [-0.3, -0.25) is 0 Å². The van der Waals surface area contributed by atoms with Crippen LogP contribution in [-0.4, -0.2) is 4.98 Å². The number of hydrogen-bond acceptors (Lipinski definition) is 1. The van der Waals surface area contributed by atoms with Crippen molar-refractivity contribution < 1.29 is 22.0 Å². The highest BCUT2D eigenvalue weighted by molar-refractivity contribution is 9.10. The molecular weight excluding hydrogens is 308 g/mol. The molecule has 84 valence electrons. The first-order valence-electron chi connectivity index (χ1n) is 3.44. The van der Waals surface area contributed by atoms with Crippen LogP contribution >= 0.6 is 27.5 Å². The lowest BCUT2D eigenvalue weighted by Gasteiger charge is -2.10. The predicted molar refractivity (Wildman–Crippen MR) is 46.9 cm³/mol. The zero-order valence-electron chi connectivity index (χ0n) is 6.75. The van der Waals surface area contributed by atoms with Crippen LogP contribution in [0, 0.1) is 0 Å². The van der Waals surface area contributed by atoms with Crippen molar-refractivity contribution in [2.75, 3.05) is 0 Å². The minimum absolute atomic E-state index is 0.262. The normalized spacial score (nSPS) is 12.3. The highest BCUT2D eigenvalue weighted by Crippen LogP contribution is 2.36. The van der Waals surface area contributed by atoms with Gasteiger partial charge < -0.3 is 0 Å². The minimum atomic E-state index is -4.78. The lowest BCUT2D eigenvalue weighted by Crippen LogP contribution is -2.10. The third-order valence-corrected chi connectivity index (χ3v) is 2.69. The van der Waals surface area contributed by atoms with E-state index in [1.54, 1.807) is 0 Å². The van der Waals surface area contributed by atoms with Gasteiger partial charge in [0, 0.05) is 4.47 Å². The van der Waals surface area contributed by atoms with Gasteiger partial charge in [-0.2, -0.15) is 13.2 Å². The number of nitrogens with zero attached hydrogens (tertiary/aromatic N) is 1. The van der Waals surface area contributed by atoms with Crippen molar-refractivity contribution in [2.24, 2.45) is 0 Å². The zero-order valence-corrected chi connectivity index (χ0v) is 9.09. The third-order valence-electron chi connectivity index (χ3n) is 1.44. The van der Waals surface area contributed by atoms with Gasteiger partial charge >= 0.3 is 6.18 Å². The fourth-order valence-corrected chi connectivity index (χ4v) is 1.41. The maximum Gasteiger partial charge on any atom is 0.433 e. The number of halogens is 7. The minimum Gasteiger partial charge on any atom is -0.241 e. The standard InChI is InChI=1S/C7H2BrClF5N/c8-2-1-3(7(12,13)14)15-5(4(2)9)6(10)11/h1,6H. The smallest absolute Gasteiger partial charge is 0.241 e. The average molecular weight is 310 g/mol. The van der Waals surface area contributed by atoms with E-state index >= 15 is 0 Å². The number of pyridine rings is 1. The molecule has 1 rings (SSSR count). The van der Waals surface area contributed by atoms with Crippen molar-refractivity contribution in [1.29, 1.82) is 0 Å². The van der Waals surface area contributed by atoms with Crippen LogP contribution in [0.1, 0.15) is 17.8 Å². The van der Waals surface area contributed by atoms with Crippen LogP contribution in [0.25, 0.3) is 0 Å². The third kappa shape index (κ3) is 2.78. The number of rotatable bonds is 1. The second-order valence-corrected chi connectivity index (χ2v) is 3.72. The Hall–Kier alpha value is -0.430. The molecule has 0 fully saturated rings. The van der Waals surface area contributed by atoms with Crippen molar-refractivity contribution in [2.45, 2.75) is 12.6 Å². The summed E-state index contributed by atoms with van der Waals surface area (Å²) in [6.45, 7) is 0. The van der Waals surface area contributed by atoms with Crippen molar-refractivity contribution in [3.63, 3.8) is 0 Å². The summed E-state index contributed by atoms with van der Waals surface area (Å²) in [7, 11) is 0. The highest BCUT2D eigenvalue weighted by Gasteiger charge is 2.34. The molecule has 0 atom stereocenters. The van der Waals surface area contributed by atoms with Gasteiger partial charge in [-0.1, -0.05) is 11.6 Å². The van der Waals surface area contributed by atoms with Crippen molar-refractivity contribution >= 4 is 27.5 Å². The molecule has 8 heteroatoms. The summed E-state index contributed by atoms with van der Waals surface area (Å²) < 4.78 is 60.7. The Bertz CT molecular complexity index is 378. The van der Waals surface area contributed by atoms with Crippen LogP contribution in [-0.2, 0) is 6.18 Å². The van der Waals surface area contributed by atoms with E-state index in [4.69, 9.17) is 11.6 Å². The van der Waals surface area contributed by atoms with E-state index in [9.17, 15) is 22.0 Å². The van der Waals surface area contributed by atoms with Gasteiger partial charge in [0.15, 0.2) is 0 Å². The molecule has 0 aromatic carbocycles. The second-order valence-electron chi connectivity index (χ2n) is 2.49. The summed E-state index contributed by atoms with van der Waals surface area (Å²) in [6, 6.07) is 0.550. The predicted octanol–water partition coefficient (Wildman–Crippen LogP) is 4.45. The van der Waals surface area contributed by atoms with E-state index in [0.29, 0.717) is 6.07 Å². The Morgan fingerprint density at radius 2 is 1.87 bits per heavy atom. The summed E-state index contributed by atoms with van der Waals surface area (Å²) in [4.78, 5) is 2.77. The van der Waals surface area contributed by atoms with Gasteiger partial charge in [-0.05, 0) is 22.0 Å². The van der Waals surface area contributed by atoms with Gasteiger partial charge in [0.05, 0.1) is 5.02 Å². The number of aromatic nitrogens is 1. The molecule has 1 heterocycles. The lowest BCUT2D eigenvalue weighted by molar-refractivity contribution is -0.141. The summed E-state index contributed by atoms with van der Waals surface area (Å²) in [6.07, 6.45) is -7.94. The molecule has 0 radical (unpaired) electrons. The van der Waals surface area contributed by atoms with E-state index in [-0.39, 0.29) is 4.47 Å². The first kappa shape index (κ1) is 12.6. The van der Waals surface area contributed by atoms with Crippen LogP contribution in [0.2, 0.25) is 5.02 Å². The summed E-state index contributed by atoms with van der Waals surface area (Å²) >= 11 is 8.01. The summed E-state index contributed by atoms with van der Waals surface area (Å²) in [5.74, 6) is 0. The van der Waals surface area contributed by atoms with Crippen molar-refractivity contribution in [3.05, 3.63) is 26.9 Å². The van der Waals surface area contributed by atoms with Crippen LogP contribution in [0.3, 0.4) is 0 Å². The van der Waals surface area contributed by atoms with E-state index in [1.165, 1.54) is 0 Å². The SMILES string of the molecule is FC(F)c1nc(C(F)(F)F)cc(Br)c1Cl. The molecule has 15 heavy (non-hydrogen) atoms. The van der Waals surface area contributed by atoms with Gasteiger partial charge in [0.25, 0.3) is 6.43 Å². The maximum atomic E-state index is 12.2. The van der Waals surface area contributed by atoms with Crippen LogP contribution < -0.4 is 0 Å². The van der Waals surface area contributed by atoms with Gasteiger partial charge in [-0.15, -0.1) is 0 Å². The first-order chi connectivity index (χ1) is 6.73. The molecule has 1 nitrogen and oxygen atoms in total. The number of alkyl halides is 5. The molecule has 0 spiro atoms. The van der Waals surface area contributed by atoms with Crippen molar-refractivity contribution in [3.8, 4) is 0 Å². The average Bonchev–Trinajstić information content (AvgIpc) is 2.06. The molecule has 0 aliphatic heterocycles. The largest absolute Gasteiger partial charge is 0.433 e. The Morgan fingerprint density at radius 1 is 1.33 bits per heavy atom. The van der Waals surface area contributed by atoms with E-state index in [2.05, 4.69) is 20.9 Å². The molecule has 0 bridgehead atoms. The molecule has 0 saturated carbocycles. The molecule has 1 aromatic rings. The molecule has 0 aliphatic carbocycles. The van der Waals surface area contributed by atoms with E-state index < -0.39 is 29.0 Å². The molecule has 0 N–H and O–H groups in total. The fraction of sp³-hybridized carbons (Fsp3) is 0.286. The van der Waals surface area contributed by atoms with Crippen LogP contribution in [0.4, 0.5) is 22.0 Å². The summed E-state index contributed by atoms with van der Waals surface area (Å²) in [5.41, 5.74) is -2.49. The highest BCUT2D eigenvalue weighted by atomic mass is 79.9. The topological polar surface area (TPSA) is 12.9 Å². The Balaban J connectivity index is 3.36. The van der Waals surface area contributed by atoms with Crippen molar-refractivity contribution in [1.82, 2.24) is 4.98 Å². The quantitative estimate of drug-likeness (QED) is 0.698. The molecule has 0 amide bonds. The Kier molecular flexibility index (Phi) is 3.55. The molecule has 0 saturated heterocycles.